The van der Waals surface area contributed by atoms with Crippen molar-refractivity contribution in [3.05, 3.63) is 71.4 Å². The summed E-state index contributed by atoms with van der Waals surface area (Å²) in [5.74, 6) is -2.01. The lowest BCUT2D eigenvalue weighted by Crippen LogP contribution is -2.34. The SMILES string of the molecule is CCC(C=CC1OC(=O)C=CC1C)=CC(C)CC=CC(C)=CC(C)C(=O)C(C)C(O)C(C)C/C(C)=C/C(=O)O. The lowest BCUT2D eigenvalue weighted by atomic mass is 9.83. The van der Waals surface area contributed by atoms with Crippen LogP contribution in [0.25, 0.3) is 0 Å². The van der Waals surface area contributed by atoms with E-state index in [0.717, 1.165) is 24.5 Å². The molecule has 0 amide bonds. The van der Waals surface area contributed by atoms with Gasteiger partial charge in [0.2, 0.25) is 0 Å². The number of hydrogen-bond donors (Lipinski definition) is 2. The van der Waals surface area contributed by atoms with Gasteiger partial charge >= 0.3 is 11.9 Å². The third kappa shape index (κ3) is 12.6. The number of aliphatic hydroxyl groups is 1. The van der Waals surface area contributed by atoms with E-state index in [1.54, 1.807) is 13.8 Å². The van der Waals surface area contributed by atoms with Crippen LogP contribution in [-0.2, 0) is 19.1 Å². The van der Waals surface area contributed by atoms with E-state index in [1.165, 1.54) is 11.6 Å². The Labute approximate surface area is 234 Å². The van der Waals surface area contributed by atoms with Gasteiger partial charge in [0.25, 0.3) is 0 Å². The van der Waals surface area contributed by atoms with Crippen LogP contribution in [0.2, 0.25) is 0 Å². The molecule has 1 aliphatic rings. The molecule has 0 aromatic heterocycles. The number of cyclic esters (lactones) is 1. The number of ketones is 1. The highest BCUT2D eigenvalue weighted by Crippen LogP contribution is 2.24. The molecule has 0 bridgehead atoms. The lowest BCUT2D eigenvalue weighted by molar-refractivity contribution is -0.143. The Balaban J connectivity index is 2.69. The van der Waals surface area contributed by atoms with Gasteiger partial charge in [-0.05, 0) is 51.0 Å². The van der Waals surface area contributed by atoms with E-state index in [0.29, 0.717) is 17.9 Å². The van der Waals surface area contributed by atoms with Gasteiger partial charge in [0, 0.05) is 29.9 Å². The summed E-state index contributed by atoms with van der Waals surface area (Å²) in [6.45, 7) is 15.4. The quantitative estimate of drug-likeness (QED) is 0.135. The predicted molar refractivity (Wildman–Crippen MR) is 157 cm³/mol. The van der Waals surface area contributed by atoms with Crippen molar-refractivity contribution in [1.82, 2.24) is 0 Å². The number of rotatable bonds is 15. The van der Waals surface area contributed by atoms with Crippen LogP contribution in [0.5, 0.6) is 0 Å². The first-order chi connectivity index (χ1) is 18.2. The van der Waals surface area contributed by atoms with E-state index < -0.39 is 18.0 Å². The molecule has 1 heterocycles. The molecule has 0 saturated heterocycles. The van der Waals surface area contributed by atoms with Crippen molar-refractivity contribution in [3.8, 4) is 0 Å². The molecule has 1 rings (SSSR count). The molecule has 0 radical (unpaired) electrons. The van der Waals surface area contributed by atoms with Crippen molar-refractivity contribution in [3.63, 3.8) is 0 Å². The van der Waals surface area contributed by atoms with E-state index in [9.17, 15) is 19.5 Å². The number of carboxylic acid groups (broad SMARTS) is 1. The average Bonchev–Trinajstić information content (AvgIpc) is 2.86. The third-order valence-corrected chi connectivity index (χ3v) is 7.12. The Morgan fingerprint density at radius 2 is 1.77 bits per heavy atom. The van der Waals surface area contributed by atoms with Gasteiger partial charge in [-0.3, -0.25) is 4.79 Å². The first-order valence-corrected chi connectivity index (χ1v) is 14.0. The Morgan fingerprint density at radius 1 is 1.10 bits per heavy atom. The van der Waals surface area contributed by atoms with Gasteiger partial charge in [-0.2, -0.15) is 0 Å². The second kappa shape index (κ2) is 16.9. The van der Waals surface area contributed by atoms with Crippen LogP contribution in [-0.4, -0.2) is 40.1 Å². The van der Waals surface area contributed by atoms with Crippen molar-refractivity contribution >= 4 is 17.7 Å². The van der Waals surface area contributed by atoms with Gasteiger partial charge < -0.3 is 14.9 Å². The summed E-state index contributed by atoms with van der Waals surface area (Å²) in [6, 6.07) is 0. The molecule has 7 unspecified atom stereocenters. The minimum atomic E-state index is -1.01. The molecule has 0 aromatic rings. The van der Waals surface area contributed by atoms with Crippen LogP contribution >= 0.6 is 0 Å². The molecule has 0 aliphatic carbocycles. The summed E-state index contributed by atoms with van der Waals surface area (Å²) in [6.07, 6.45) is 17.8. The first kappa shape index (κ1) is 34.0. The molecule has 0 fully saturated rings. The molecular formula is C33H48O6. The molecule has 6 heteroatoms. The van der Waals surface area contributed by atoms with Gasteiger partial charge in [-0.1, -0.05) is 94.7 Å². The van der Waals surface area contributed by atoms with Crippen LogP contribution in [0.15, 0.2) is 71.4 Å². The predicted octanol–water partition coefficient (Wildman–Crippen LogP) is 6.78. The average molecular weight is 541 g/mol. The highest BCUT2D eigenvalue weighted by Gasteiger charge is 2.29. The van der Waals surface area contributed by atoms with Crippen molar-refractivity contribution in [2.24, 2.45) is 29.6 Å². The maximum atomic E-state index is 13.0. The fraction of sp³-hybridized carbons (Fsp3) is 0.545. The van der Waals surface area contributed by atoms with Crippen LogP contribution in [0.1, 0.15) is 74.7 Å². The van der Waals surface area contributed by atoms with Crippen LogP contribution in [0.3, 0.4) is 0 Å². The number of carbonyl (C=O) groups excluding carboxylic acids is 2. The Bertz CT molecular complexity index is 1020. The summed E-state index contributed by atoms with van der Waals surface area (Å²) in [5, 5.41) is 19.6. The molecule has 0 aromatic carbocycles. The molecule has 216 valence electrons. The van der Waals surface area contributed by atoms with Gasteiger partial charge in [-0.15, -0.1) is 0 Å². The zero-order valence-corrected chi connectivity index (χ0v) is 24.9. The second-order valence-electron chi connectivity index (χ2n) is 11.1. The summed E-state index contributed by atoms with van der Waals surface area (Å²) < 4.78 is 5.39. The number of Topliss-reactive ketones (excluding diaryl/α,β-unsaturated/α-hetero) is 1. The van der Waals surface area contributed by atoms with Gasteiger partial charge in [0.1, 0.15) is 11.9 Å². The normalized spacial score (nSPS) is 23.0. The van der Waals surface area contributed by atoms with Gasteiger partial charge in [-0.25, -0.2) is 9.59 Å². The van der Waals surface area contributed by atoms with E-state index in [1.807, 2.05) is 58.1 Å². The van der Waals surface area contributed by atoms with Crippen LogP contribution in [0.4, 0.5) is 0 Å². The summed E-state index contributed by atoms with van der Waals surface area (Å²) in [4.78, 5) is 35.3. The topological polar surface area (TPSA) is 101 Å². The van der Waals surface area contributed by atoms with E-state index in [-0.39, 0.29) is 35.6 Å². The lowest BCUT2D eigenvalue weighted by Gasteiger charge is -2.25. The molecule has 6 nitrogen and oxygen atoms in total. The molecular weight excluding hydrogens is 492 g/mol. The Hall–Kier alpha value is -2.99. The monoisotopic (exact) mass is 540 g/mol. The van der Waals surface area contributed by atoms with E-state index in [4.69, 9.17) is 9.84 Å². The highest BCUT2D eigenvalue weighted by atomic mass is 16.5. The number of aliphatic carboxylic acids is 1. The molecule has 2 N–H and O–H groups in total. The smallest absolute Gasteiger partial charge is 0.331 e. The summed E-state index contributed by atoms with van der Waals surface area (Å²) >= 11 is 0. The summed E-state index contributed by atoms with van der Waals surface area (Å²) in [7, 11) is 0. The maximum Gasteiger partial charge on any atom is 0.331 e. The standard InChI is InChI=1S/C33H48O6/c1-9-28(14-15-29-24(5)13-16-31(36)39-29)19-22(3)12-10-11-21(2)17-25(6)32(37)27(8)33(38)26(7)18-23(4)20-30(34)35/h10-11,13-17,19-20,22,24-27,29,33,38H,9,12,18H2,1-8H3,(H,34,35)/b11-10?,15-14?,21-17?,23-20+,28-19?. The molecule has 1 aliphatic heterocycles. The van der Waals surface area contributed by atoms with Crippen molar-refractivity contribution < 1.29 is 29.3 Å². The summed E-state index contributed by atoms with van der Waals surface area (Å²) in [5.41, 5.74) is 2.84. The first-order valence-electron chi connectivity index (χ1n) is 14.0. The molecule has 0 saturated carbocycles. The number of hydrogen-bond acceptors (Lipinski definition) is 5. The number of ether oxygens (including phenoxy) is 1. The Kier molecular flexibility index (Phi) is 14.7. The van der Waals surface area contributed by atoms with Gasteiger partial charge in [0.05, 0.1) is 6.10 Å². The fourth-order valence-corrected chi connectivity index (χ4v) is 4.75. The zero-order valence-electron chi connectivity index (χ0n) is 24.9. The van der Waals surface area contributed by atoms with Crippen molar-refractivity contribution in [2.75, 3.05) is 0 Å². The van der Waals surface area contributed by atoms with Gasteiger partial charge in [0.15, 0.2) is 0 Å². The van der Waals surface area contributed by atoms with Crippen LogP contribution in [0, 0.1) is 29.6 Å². The number of aliphatic hydroxyl groups excluding tert-OH is 1. The van der Waals surface area contributed by atoms with E-state index >= 15 is 0 Å². The zero-order chi connectivity index (χ0) is 29.7. The minimum absolute atomic E-state index is 0.0360. The second-order valence-corrected chi connectivity index (χ2v) is 11.1. The number of allylic oxidation sites excluding steroid dienone is 8. The van der Waals surface area contributed by atoms with E-state index in [2.05, 4.69) is 26.0 Å². The molecule has 39 heavy (non-hydrogen) atoms. The number of esters is 1. The maximum absolute atomic E-state index is 13.0. The van der Waals surface area contributed by atoms with Crippen molar-refractivity contribution in [1.29, 1.82) is 0 Å². The highest BCUT2D eigenvalue weighted by molar-refractivity contribution is 5.85. The largest absolute Gasteiger partial charge is 0.478 e. The third-order valence-electron chi connectivity index (χ3n) is 7.12. The number of carbonyl (C=O) groups is 3. The van der Waals surface area contributed by atoms with Crippen LogP contribution < -0.4 is 0 Å². The minimum Gasteiger partial charge on any atom is -0.478 e. The molecule has 0 spiro atoms. The Morgan fingerprint density at radius 3 is 2.38 bits per heavy atom. The fourth-order valence-electron chi connectivity index (χ4n) is 4.75. The molecule has 7 atom stereocenters. The van der Waals surface area contributed by atoms with Crippen molar-refractivity contribution in [2.45, 2.75) is 86.9 Å². The number of carboxylic acids is 1.